The summed E-state index contributed by atoms with van der Waals surface area (Å²) in [5.74, 6) is 2.64. The molecule has 0 spiro atoms. The molecule has 3 atom stereocenters. The summed E-state index contributed by atoms with van der Waals surface area (Å²) in [7, 11) is 0. The Morgan fingerprint density at radius 3 is 3.00 bits per heavy atom. The average Bonchev–Trinajstić information content (AvgIpc) is 2.89. The van der Waals surface area contributed by atoms with Crippen molar-refractivity contribution in [3.05, 3.63) is 11.8 Å². The summed E-state index contributed by atoms with van der Waals surface area (Å²) in [6, 6.07) is 0. The first-order valence-corrected chi connectivity index (χ1v) is 7.82. The van der Waals surface area contributed by atoms with Crippen LogP contribution in [0.2, 0.25) is 0 Å². The summed E-state index contributed by atoms with van der Waals surface area (Å²) in [4.78, 5) is 0. The minimum Gasteiger partial charge on any atom is -0.490 e. The molecule has 0 saturated heterocycles. The molecule has 0 aromatic carbocycles. The maximum absolute atomic E-state index is 13.0. The van der Waals surface area contributed by atoms with Gasteiger partial charge in [0.2, 0.25) is 0 Å². The van der Waals surface area contributed by atoms with Gasteiger partial charge in [0.1, 0.15) is 12.8 Å². The van der Waals surface area contributed by atoms with E-state index in [9.17, 15) is 4.39 Å². The number of rotatable bonds is 8. The normalized spacial score (nSPS) is 27.8. The van der Waals surface area contributed by atoms with E-state index >= 15 is 0 Å². The van der Waals surface area contributed by atoms with E-state index in [0.717, 1.165) is 43.3 Å². The molecule has 1 saturated carbocycles. The lowest BCUT2D eigenvalue weighted by Crippen LogP contribution is -2.24. The maximum atomic E-state index is 13.0. The summed E-state index contributed by atoms with van der Waals surface area (Å²) in [6.45, 7) is 2.75. The molecule has 0 aliphatic heterocycles. The molecule has 0 bridgehead atoms. The summed E-state index contributed by atoms with van der Waals surface area (Å²) < 4.78 is 24.2. The van der Waals surface area contributed by atoms with E-state index in [4.69, 9.17) is 9.47 Å². The monoisotopic (exact) mass is 270 g/mol. The summed E-state index contributed by atoms with van der Waals surface area (Å²) >= 11 is 0. The van der Waals surface area contributed by atoms with Crippen LogP contribution in [0.15, 0.2) is 11.8 Å². The topological polar surface area (TPSA) is 18.5 Å². The van der Waals surface area contributed by atoms with Crippen LogP contribution in [0.4, 0.5) is 4.39 Å². The second-order valence-corrected chi connectivity index (χ2v) is 5.88. The molecule has 1 fully saturated rings. The van der Waals surface area contributed by atoms with Crippen LogP contribution in [-0.4, -0.2) is 26.0 Å². The van der Waals surface area contributed by atoms with Crippen LogP contribution in [0.3, 0.4) is 0 Å². The van der Waals surface area contributed by atoms with Gasteiger partial charge in [0.05, 0.1) is 12.4 Å². The molecule has 0 aromatic rings. The molecule has 0 amide bonds. The Balaban J connectivity index is 1.72. The first-order chi connectivity index (χ1) is 9.33. The first kappa shape index (κ1) is 14.8. The number of fused-ring (bicyclic) bond motifs is 1. The maximum Gasteiger partial charge on any atom is 0.150 e. The molecule has 2 rings (SSSR count). The largest absolute Gasteiger partial charge is 0.490 e. The van der Waals surface area contributed by atoms with Crippen molar-refractivity contribution in [1.82, 2.24) is 0 Å². The van der Waals surface area contributed by atoms with Gasteiger partial charge in [-0.3, -0.25) is 0 Å². The van der Waals surface area contributed by atoms with Crippen molar-refractivity contribution in [1.29, 1.82) is 0 Å². The van der Waals surface area contributed by atoms with Crippen molar-refractivity contribution in [2.24, 2.45) is 11.8 Å². The van der Waals surface area contributed by atoms with Gasteiger partial charge in [0.15, 0.2) is 0 Å². The quantitative estimate of drug-likeness (QED) is 0.614. The van der Waals surface area contributed by atoms with Crippen LogP contribution < -0.4 is 0 Å². The van der Waals surface area contributed by atoms with Crippen molar-refractivity contribution in [2.75, 3.05) is 19.9 Å². The summed E-state index contributed by atoms with van der Waals surface area (Å²) in [5.41, 5.74) is 0. The molecule has 0 heterocycles. The Hall–Kier alpha value is -0.570. The highest BCUT2D eigenvalue weighted by atomic mass is 19.1. The van der Waals surface area contributed by atoms with E-state index in [0.29, 0.717) is 13.2 Å². The van der Waals surface area contributed by atoms with Crippen LogP contribution in [0.25, 0.3) is 0 Å². The number of allylic oxidation sites excluding steroid dienone is 2. The van der Waals surface area contributed by atoms with Gasteiger partial charge in [0, 0.05) is 13.0 Å². The zero-order chi connectivity index (χ0) is 13.5. The fraction of sp³-hybridized carbons (Fsp3) is 0.875. The first-order valence-electron chi connectivity index (χ1n) is 7.82. The lowest BCUT2D eigenvalue weighted by atomic mass is 9.85. The molecule has 2 aliphatic carbocycles. The molecule has 2 aliphatic rings. The summed E-state index contributed by atoms with van der Waals surface area (Å²) in [5, 5.41) is 0. The van der Waals surface area contributed by atoms with Crippen LogP contribution in [0.1, 0.15) is 51.9 Å². The molecule has 0 aromatic heterocycles. The van der Waals surface area contributed by atoms with Gasteiger partial charge in [-0.05, 0) is 43.6 Å². The Kier molecular flexibility index (Phi) is 6.15. The van der Waals surface area contributed by atoms with Crippen molar-refractivity contribution in [3.8, 4) is 0 Å². The van der Waals surface area contributed by atoms with E-state index in [1.165, 1.54) is 19.3 Å². The second-order valence-electron chi connectivity index (χ2n) is 5.88. The van der Waals surface area contributed by atoms with Crippen molar-refractivity contribution in [3.63, 3.8) is 0 Å². The van der Waals surface area contributed by atoms with Gasteiger partial charge in [-0.2, -0.15) is 0 Å². The number of unbranched alkanes of at least 4 members (excludes halogenated alkanes) is 1. The van der Waals surface area contributed by atoms with Crippen LogP contribution >= 0.6 is 0 Å². The van der Waals surface area contributed by atoms with Crippen LogP contribution in [-0.2, 0) is 9.47 Å². The van der Waals surface area contributed by atoms with E-state index in [1.807, 2.05) is 0 Å². The van der Waals surface area contributed by atoms with E-state index in [-0.39, 0.29) is 0 Å². The predicted molar refractivity (Wildman–Crippen MR) is 74.7 cm³/mol. The van der Waals surface area contributed by atoms with E-state index < -0.39 is 12.8 Å². The van der Waals surface area contributed by atoms with Gasteiger partial charge in [0.25, 0.3) is 0 Å². The third-order valence-electron chi connectivity index (χ3n) is 4.36. The average molecular weight is 270 g/mol. The van der Waals surface area contributed by atoms with Crippen molar-refractivity contribution >= 4 is 0 Å². The van der Waals surface area contributed by atoms with Gasteiger partial charge in [-0.25, -0.2) is 4.39 Å². The highest BCUT2D eigenvalue weighted by Crippen LogP contribution is 2.42. The molecule has 3 heteroatoms. The highest BCUT2D eigenvalue weighted by Gasteiger charge is 2.31. The Labute approximate surface area is 116 Å². The number of ether oxygens (including phenoxy) is 2. The molecule has 2 nitrogen and oxygen atoms in total. The minimum atomic E-state index is -0.461. The van der Waals surface area contributed by atoms with E-state index in [1.54, 1.807) is 0 Å². The van der Waals surface area contributed by atoms with Crippen LogP contribution in [0, 0.1) is 11.8 Å². The molecular formula is C16H27FO2. The highest BCUT2D eigenvalue weighted by molar-refractivity contribution is 5.04. The molecule has 110 valence electrons. The van der Waals surface area contributed by atoms with Gasteiger partial charge < -0.3 is 9.47 Å². The Morgan fingerprint density at radius 2 is 2.21 bits per heavy atom. The van der Waals surface area contributed by atoms with Gasteiger partial charge >= 0.3 is 0 Å². The molecule has 0 radical (unpaired) electrons. The van der Waals surface area contributed by atoms with E-state index in [2.05, 4.69) is 13.0 Å². The third kappa shape index (κ3) is 4.48. The van der Waals surface area contributed by atoms with Gasteiger partial charge in [-0.15, -0.1) is 0 Å². The standard InChI is InChI=1S/C16H27FO2/c1-2-3-9-18-12-16(11-17)19-15-8-7-13-5-4-6-14(13)10-15/h8,13-14,16H,2-7,9-12H2,1H3. The minimum absolute atomic E-state index is 0.377. The lowest BCUT2D eigenvalue weighted by molar-refractivity contribution is -0.00433. The molecular weight excluding hydrogens is 243 g/mol. The molecule has 3 unspecified atom stereocenters. The third-order valence-corrected chi connectivity index (χ3v) is 4.36. The number of hydrogen-bond acceptors (Lipinski definition) is 2. The number of hydrogen-bond donors (Lipinski definition) is 0. The lowest BCUT2D eigenvalue weighted by Gasteiger charge is -2.27. The van der Waals surface area contributed by atoms with Crippen LogP contribution in [0.5, 0.6) is 0 Å². The zero-order valence-electron chi connectivity index (χ0n) is 12.1. The SMILES string of the molecule is CCCCOCC(CF)OC1=CCC2CCCC2C1. The molecule has 0 N–H and O–H groups in total. The smallest absolute Gasteiger partial charge is 0.150 e. The zero-order valence-corrected chi connectivity index (χ0v) is 12.1. The fourth-order valence-electron chi connectivity index (χ4n) is 3.20. The predicted octanol–water partition coefficient (Wildman–Crippen LogP) is 4.25. The molecule has 19 heavy (non-hydrogen) atoms. The number of halogens is 1. The Bertz CT molecular complexity index is 290. The second kappa shape index (κ2) is 7.88. The summed E-state index contributed by atoms with van der Waals surface area (Å²) in [6.07, 6.45) is 10.1. The van der Waals surface area contributed by atoms with Crippen molar-refractivity contribution in [2.45, 2.75) is 58.0 Å². The Morgan fingerprint density at radius 1 is 1.37 bits per heavy atom. The van der Waals surface area contributed by atoms with Gasteiger partial charge in [-0.1, -0.05) is 19.8 Å². The van der Waals surface area contributed by atoms with Crippen molar-refractivity contribution < 1.29 is 13.9 Å². The fourth-order valence-corrected chi connectivity index (χ4v) is 3.20. The number of alkyl halides is 1.